The van der Waals surface area contributed by atoms with Crippen molar-refractivity contribution in [3.05, 3.63) is 94.3 Å². The molecule has 0 spiro atoms. The highest BCUT2D eigenvalue weighted by Gasteiger charge is 2.23. The summed E-state index contributed by atoms with van der Waals surface area (Å²) in [7, 11) is 0. The first-order chi connectivity index (χ1) is 15.4. The van der Waals surface area contributed by atoms with Crippen molar-refractivity contribution in [3.8, 4) is 5.69 Å². The Morgan fingerprint density at radius 3 is 2.31 bits per heavy atom. The lowest BCUT2D eigenvalue weighted by atomic mass is 9.98. The predicted octanol–water partition coefficient (Wildman–Crippen LogP) is 6.31. The predicted molar refractivity (Wildman–Crippen MR) is 131 cm³/mol. The molecule has 0 unspecified atom stereocenters. The van der Waals surface area contributed by atoms with Crippen LogP contribution >= 0.6 is 0 Å². The summed E-state index contributed by atoms with van der Waals surface area (Å²) in [6.45, 7) is 11.5. The summed E-state index contributed by atoms with van der Waals surface area (Å²) in [5, 5.41) is 0. The Morgan fingerprint density at radius 2 is 1.62 bits per heavy atom. The largest absolute Gasteiger partial charge is 0.331 e. The number of carbonyl (C=O) groups excluding carboxylic acids is 1. The standard InChI is InChI=1S/C28H31N3O/c1-6-14-30(28(32)27-21(4)15-20(3)16-22(27)5)18-26-29-24-12-7-8-13-25(24)31(26)23-11-9-10-19(2)17-23/h7-13,15-17H,6,14,18H2,1-5H3. The monoisotopic (exact) mass is 425 g/mol. The third kappa shape index (κ3) is 4.18. The zero-order valence-corrected chi connectivity index (χ0v) is 19.6. The summed E-state index contributed by atoms with van der Waals surface area (Å²) >= 11 is 0. The molecule has 4 rings (SSSR count). The summed E-state index contributed by atoms with van der Waals surface area (Å²) in [4.78, 5) is 20.6. The Labute approximate surface area is 190 Å². The quantitative estimate of drug-likeness (QED) is 0.363. The summed E-state index contributed by atoms with van der Waals surface area (Å²) in [6.07, 6.45) is 0.889. The number of nitrogens with zero attached hydrogens (tertiary/aromatic N) is 3. The third-order valence-corrected chi connectivity index (χ3v) is 5.89. The minimum atomic E-state index is 0.0738. The van der Waals surface area contributed by atoms with Gasteiger partial charge in [-0.2, -0.15) is 0 Å². The third-order valence-electron chi connectivity index (χ3n) is 5.89. The summed E-state index contributed by atoms with van der Waals surface area (Å²) in [6, 6.07) is 20.8. The highest BCUT2D eigenvalue weighted by Crippen LogP contribution is 2.25. The maximum atomic E-state index is 13.7. The van der Waals surface area contributed by atoms with E-state index in [1.54, 1.807) is 0 Å². The molecule has 32 heavy (non-hydrogen) atoms. The van der Waals surface area contributed by atoms with Crippen molar-refractivity contribution in [3.63, 3.8) is 0 Å². The van der Waals surface area contributed by atoms with Crippen molar-refractivity contribution in [2.75, 3.05) is 6.54 Å². The molecule has 4 nitrogen and oxygen atoms in total. The smallest absolute Gasteiger partial charge is 0.254 e. The van der Waals surface area contributed by atoms with E-state index in [4.69, 9.17) is 4.98 Å². The zero-order valence-electron chi connectivity index (χ0n) is 19.6. The average molecular weight is 426 g/mol. The fourth-order valence-corrected chi connectivity index (χ4v) is 4.61. The molecule has 0 fully saturated rings. The van der Waals surface area contributed by atoms with Gasteiger partial charge in [0.25, 0.3) is 5.91 Å². The summed E-state index contributed by atoms with van der Waals surface area (Å²) < 4.78 is 2.19. The molecule has 4 heteroatoms. The Balaban J connectivity index is 1.80. The number of carbonyl (C=O) groups is 1. The molecule has 0 aliphatic heterocycles. The fraction of sp³-hybridized carbons (Fsp3) is 0.286. The van der Waals surface area contributed by atoms with Gasteiger partial charge in [-0.25, -0.2) is 4.98 Å². The van der Waals surface area contributed by atoms with Crippen LogP contribution < -0.4 is 0 Å². The molecule has 1 amide bonds. The van der Waals surface area contributed by atoms with Crippen LogP contribution in [0.5, 0.6) is 0 Å². The maximum absolute atomic E-state index is 13.7. The summed E-state index contributed by atoms with van der Waals surface area (Å²) in [5.41, 5.74) is 8.30. The number of amides is 1. The molecule has 0 N–H and O–H groups in total. The Morgan fingerprint density at radius 1 is 0.906 bits per heavy atom. The van der Waals surface area contributed by atoms with Crippen molar-refractivity contribution < 1.29 is 4.79 Å². The van der Waals surface area contributed by atoms with Crippen LogP contribution in [0, 0.1) is 27.7 Å². The average Bonchev–Trinajstić information content (AvgIpc) is 3.10. The zero-order chi connectivity index (χ0) is 22.8. The van der Waals surface area contributed by atoms with E-state index in [1.807, 2.05) is 36.9 Å². The van der Waals surface area contributed by atoms with Crippen LogP contribution in [0.2, 0.25) is 0 Å². The van der Waals surface area contributed by atoms with Crippen LogP contribution in [0.15, 0.2) is 60.7 Å². The number of fused-ring (bicyclic) bond motifs is 1. The molecule has 0 atom stereocenters. The van der Waals surface area contributed by atoms with Gasteiger partial charge in [-0.05, 0) is 75.1 Å². The number of imidazole rings is 1. The van der Waals surface area contributed by atoms with E-state index in [1.165, 1.54) is 11.1 Å². The molecular weight excluding hydrogens is 394 g/mol. The maximum Gasteiger partial charge on any atom is 0.254 e. The number of hydrogen-bond donors (Lipinski definition) is 0. The first-order valence-electron chi connectivity index (χ1n) is 11.3. The molecular formula is C28H31N3O. The second-order valence-electron chi connectivity index (χ2n) is 8.69. The molecule has 3 aromatic carbocycles. The molecule has 1 heterocycles. The minimum absolute atomic E-state index is 0.0738. The number of aromatic nitrogens is 2. The normalized spacial score (nSPS) is 11.2. The summed E-state index contributed by atoms with van der Waals surface area (Å²) in [5.74, 6) is 0.950. The van der Waals surface area contributed by atoms with Crippen molar-refractivity contribution >= 4 is 16.9 Å². The second-order valence-corrected chi connectivity index (χ2v) is 8.69. The molecule has 0 bridgehead atoms. The van der Waals surface area contributed by atoms with Gasteiger partial charge in [-0.3, -0.25) is 9.36 Å². The topological polar surface area (TPSA) is 38.1 Å². The highest BCUT2D eigenvalue weighted by molar-refractivity contribution is 5.97. The first kappa shape index (κ1) is 21.8. The molecule has 0 saturated heterocycles. The lowest BCUT2D eigenvalue weighted by Gasteiger charge is -2.24. The van der Waals surface area contributed by atoms with Crippen LogP contribution in [0.3, 0.4) is 0 Å². The van der Waals surface area contributed by atoms with Crippen molar-refractivity contribution in [1.82, 2.24) is 14.5 Å². The number of para-hydroxylation sites is 2. The van der Waals surface area contributed by atoms with E-state index in [-0.39, 0.29) is 5.91 Å². The first-order valence-corrected chi connectivity index (χ1v) is 11.3. The van der Waals surface area contributed by atoms with Gasteiger partial charge in [-0.15, -0.1) is 0 Å². The lowest BCUT2D eigenvalue weighted by Crippen LogP contribution is -2.33. The number of aryl methyl sites for hydroxylation is 4. The van der Waals surface area contributed by atoms with E-state index in [0.717, 1.165) is 45.7 Å². The number of rotatable bonds is 6. The van der Waals surface area contributed by atoms with E-state index >= 15 is 0 Å². The van der Waals surface area contributed by atoms with Gasteiger partial charge >= 0.3 is 0 Å². The van der Waals surface area contributed by atoms with E-state index in [0.29, 0.717) is 13.1 Å². The van der Waals surface area contributed by atoms with Crippen LogP contribution in [-0.2, 0) is 6.54 Å². The lowest BCUT2D eigenvalue weighted by molar-refractivity contribution is 0.0737. The van der Waals surface area contributed by atoms with Gasteiger partial charge in [-0.1, -0.05) is 48.9 Å². The van der Waals surface area contributed by atoms with Crippen molar-refractivity contribution in [2.24, 2.45) is 0 Å². The van der Waals surface area contributed by atoms with Gasteiger partial charge in [0.2, 0.25) is 0 Å². The Hall–Kier alpha value is -3.40. The van der Waals surface area contributed by atoms with Crippen LogP contribution in [0.1, 0.15) is 51.8 Å². The van der Waals surface area contributed by atoms with Gasteiger partial charge in [0.05, 0.1) is 17.6 Å². The molecule has 4 aromatic rings. The minimum Gasteiger partial charge on any atom is -0.331 e. The number of hydrogen-bond acceptors (Lipinski definition) is 2. The molecule has 0 radical (unpaired) electrons. The van der Waals surface area contributed by atoms with Crippen molar-refractivity contribution in [1.29, 1.82) is 0 Å². The van der Waals surface area contributed by atoms with E-state index < -0.39 is 0 Å². The van der Waals surface area contributed by atoms with Crippen molar-refractivity contribution in [2.45, 2.75) is 47.6 Å². The van der Waals surface area contributed by atoms with Gasteiger partial charge in [0.15, 0.2) is 0 Å². The Kier molecular flexibility index (Phi) is 6.13. The van der Waals surface area contributed by atoms with Crippen LogP contribution in [-0.4, -0.2) is 26.9 Å². The molecule has 0 saturated carbocycles. The second kappa shape index (κ2) is 8.99. The number of benzene rings is 3. The molecule has 0 aliphatic carbocycles. The fourth-order valence-electron chi connectivity index (χ4n) is 4.61. The van der Waals surface area contributed by atoms with Crippen LogP contribution in [0.4, 0.5) is 0 Å². The van der Waals surface area contributed by atoms with Gasteiger partial charge < -0.3 is 4.90 Å². The molecule has 0 aliphatic rings. The SMILES string of the molecule is CCCN(Cc1nc2ccccc2n1-c1cccc(C)c1)C(=O)c1c(C)cc(C)cc1C. The van der Waals surface area contributed by atoms with Crippen LogP contribution in [0.25, 0.3) is 16.7 Å². The Bertz CT molecular complexity index is 1260. The van der Waals surface area contributed by atoms with E-state index in [2.05, 4.69) is 67.8 Å². The van der Waals surface area contributed by atoms with Gasteiger partial charge in [0.1, 0.15) is 5.82 Å². The van der Waals surface area contributed by atoms with E-state index in [9.17, 15) is 4.79 Å². The molecule has 164 valence electrons. The molecule has 1 aromatic heterocycles. The highest BCUT2D eigenvalue weighted by atomic mass is 16.2. The van der Waals surface area contributed by atoms with Gasteiger partial charge in [0, 0.05) is 17.8 Å².